The van der Waals surface area contributed by atoms with Gasteiger partial charge < -0.3 is 15.5 Å². The smallest absolute Gasteiger partial charge is 0.0693 e. The van der Waals surface area contributed by atoms with Crippen molar-refractivity contribution >= 4 is 0 Å². The van der Waals surface area contributed by atoms with Gasteiger partial charge in [0.05, 0.1) is 12.2 Å². The maximum Gasteiger partial charge on any atom is 0.0693 e. The summed E-state index contributed by atoms with van der Waals surface area (Å²) in [5.41, 5.74) is 0. The molecule has 3 nitrogen and oxygen atoms in total. The fourth-order valence-corrected chi connectivity index (χ4v) is 1.50. The molecule has 0 aromatic carbocycles. The van der Waals surface area contributed by atoms with Crippen molar-refractivity contribution in [3.8, 4) is 0 Å². The number of aliphatic hydroxyl groups excluding tert-OH is 2. The molecular formula is C8H17NO2. The number of rotatable bonds is 3. The van der Waals surface area contributed by atoms with Gasteiger partial charge in [-0.2, -0.15) is 0 Å². The molecule has 0 bridgehead atoms. The van der Waals surface area contributed by atoms with Crippen LogP contribution in [0.1, 0.15) is 26.2 Å². The Kier molecular flexibility index (Phi) is 3.30. The molecule has 0 radical (unpaired) electrons. The van der Waals surface area contributed by atoms with E-state index < -0.39 is 0 Å². The standard InChI is InChI=1S/C8H17NO2/c1-6(10)5-9-7-3-2-4-8(7)11/h6-11H,2-5H2,1H3. The number of nitrogens with one attached hydrogen (secondary N) is 1. The summed E-state index contributed by atoms with van der Waals surface area (Å²) >= 11 is 0. The van der Waals surface area contributed by atoms with Crippen molar-refractivity contribution in [1.82, 2.24) is 5.32 Å². The molecule has 3 unspecified atom stereocenters. The number of hydrogen-bond donors (Lipinski definition) is 3. The van der Waals surface area contributed by atoms with Crippen molar-refractivity contribution in [2.24, 2.45) is 0 Å². The molecule has 3 atom stereocenters. The zero-order chi connectivity index (χ0) is 8.27. The first-order chi connectivity index (χ1) is 5.20. The maximum absolute atomic E-state index is 9.36. The molecule has 0 saturated heterocycles. The van der Waals surface area contributed by atoms with Gasteiger partial charge in [0.2, 0.25) is 0 Å². The van der Waals surface area contributed by atoms with Crippen molar-refractivity contribution in [2.75, 3.05) is 6.54 Å². The van der Waals surface area contributed by atoms with Gasteiger partial charge in [0.25, 0.3) is 0 Å². The van der Waals surface area contributed by atoms with Crippen LogP contribution in [0.3, 0.4) is 0 Å². The van der Waals surface area contributed by atoms with Crippen molar-refractivity contribution in [3.05, 3.63) is 0 Å². The fraction of sp³-hybridized carbons (Fsp3) is 1.00. The van der Waals surface area contributed by atoms with Gasteiger partial charge in [-0.25, -0.2) is 0 Å². The minimum atomic E-state index is -0.317. The van der Waals surface area contributed by atoms with Crippen molar-refractivity contribution in [3.63, 3.8) is 0 Å². The largest absolute Gasteiger partial charge is 0.392 e. The van der Waals surface area contributed by atoms with Crippen LogP contribution in [0.5, 0.6) is 0 Å². The van der Waals surface area contributed by atoms with E-state index in [4.69, 9.17) is 5.11 Å². The van der Waals surface area contributed by atoms with Gasteiger partial charge in [0.15, 0.2) is 0 Å². The zero-order valence-electron chi connectivity index (χ0n) is 6.95. The van der Waals surface area contributed by atoms with E-state index in [0.717, 1.165) is 19.3 Å². The molecule has 0 aromatic heterocycles. The number of aliphatic hydroxyl groups is 2. The lowest BCUT2D eigenvalue weighted by Gasteiger charge is -2.17. The van der Waals surface area contributed by atoms with E-state index in [9.17, 15) is 5.11 Å². The van der Waals surface area contributed by atoms with Crippen LogP contribution in [0, 0.1) is 0 Å². The lowest BCUT2D eigenvalue weighted by Crippen LogP contribution is -2.39. The SMILES string of the molecule is CC(O)CNC1CCCC1O. The Bertz CT molecular complexity index is 117. The predicted molar refractivity (Wildman–Crippen MR) is 43.3 cm³/mol. The Balaban J connectivity index is 2.15. The first kappa shape index (κ1) is 8.97. The van der Waals surface area contributed by atoms with Gasteiger partial charge in [-0.3, -0.25) is 0 Å². The molecule has 0 heterocycles. The molecule has 1 fully saturated rings. The highest BCUT2D eigenvalue weighted by Gasteiger charge is 2.24. The summed E-state index contributed by atoms with van der Waals surface area (Å²) in [6, 6.07) is 0.213. The molecule has 66 valence electrons. The summed E-state index contributed by atoms with van der Waals surface area (Å²) < 4.78 is 0. The Morgan fingerprint density at radius 1 is 1.55 bits per heavy atom. The average molecular weight is 159 g/mol. The molecule has 0 spiro atoms. The molecule has 3 heteroatoms. The second-order valence-corrected chi connectivity index (χ2v) is 3.36. The Labute approximate surface area is 67.4 Å². The quantitative estimate of drug-likeness (QED) is 0.537. The third-order valence-corrected chi connectivity index (χ3v) is 2.15. The van der Waals surface area contributed by atoms with E-state index in [1.807, 2.05) is 0 Å². The highest BCUT2D eigenvalue weighted by atomic mass is 16.3. The van der Waals surface area contributed by atoms with Crippen molar-refractivity contribution < 1.29 is 10.2 Å². The molecule has 0 aliphatic heterocycles. The first-order valence-corrected chi connectivity index (χ1v) is 4.29. The van der Waals surface area contributed by atoms with Crippen LogP contribution < -0.4 is 5.32 Å². The van der Waals surface area contributed by atoms with E-state index in [1.165, 1.54) is 0 Å². The summed E-state index contributed by atoms with van der Waals surface area (Å²) in [7, 11) is 0. The van der Waals surface area contributed by atoms with Crippen LogP contribution in [0.4, 0.5) is 0 Å². The van der Waals surface area contributed by atoms with Gasteiger partial charge in [0.1, 0.15) is 0 Å². The molecule has 0 aromatic rings. The summed E-state index contributed by atoms with van der Waals surface area (Å²) in [4.78, 5) is 0. The van der Waals surface area contributed by atoms with E-state index in [2.05, 4.69) is 5.32 Å². The van der Waals surface area contributed by atoms with Crippen molar-refractivity contribution in [2.45, 2.75) is 44.4 Å². The summed E-state index contributed by atoms with van der Waals surface area (Å²) in [6.45, 7) is 2.33. The maximum atomic E-state index is 9.36. The normalized spacial score (nSPS) is 34.1. The summed E-state index contributed by atoms with van der Waals surface area (Å²) in [5, 5.41) is 21.4. The lowest BCUT2D eigenvalue weighted by molar-refractivity contribution is 0.132. The average Bonchev–Trinajstić information content (AvgIpc) is 2.31. The topological polar surface area (TPSA) is 52.5 Å². The predicted octanol–water partition coefficient (Wildman–Crippen LogP) is -0.130. The van der Waals surface area contributed by atoms with Gasteiger partial charge in [-0.1, -0.05) is 0 Å². The highest BCUT2D eigenvalue weighted by Crippen LogP contribution is 2.18. The minimum absolute atomic E-state index is 0.200. The molecule has 0 amide bonds. The molecule has 1 rings (SSSR count). The van der Waals surface area contributed by atoms with E-state index >= 15 is 0 Å². The van der Waals surface area contributed by atoms with Crippen LogP contribution >= 0.6 is 0 Å². The van der Waals surface area contributed by atoms with Crippen molar-refractivity contribution in [1.29, 1.82) is 0 Å². The third-order valence-electron chi connectivity index (χ3n) is 2.15. The monoisotopic (exact) mass is 159 g/mol. The van der Waals surface area contributed by atoms with Crippen LogP contribution in [-0.2, 0) is 0 Å². The minimum Gasteiger partial charge on any atom is -0.392 e. The lowest BCUT2D eigenvalue weighted by atomic mass is 10.2. The molecule has 3 N–H and O–H groups in total. The van der Waals surface area contributed by atoms with Crippen LogP contribution in [-0.4, -0.2) is 35.0 Å². The third kappa shape index (κ3) is 2.77. The zero-order valence-corrected chi connectivity index (χ0v) is 6.95. The number of hydrogen-bond acceptors (Lipinski definition) is 3. The van der Waals surface area contributed by atoms with E-state index in [-0.39, 0.29) is 18.2 Å². The highest BCUT2D eigenvalue weighted by molar-refractivity contribution is 4.82. The van der Waals surface area contributed by atoms with Gasteiger partial charge in [-0.15, -0.1) is 0 Å². The Hall–Kier alpha value is -0.120. The molecule has 1 aliphatic rings. The Morgan fingerprint density at radius 2 is 2.27 bits per heavy atom. The summed E-state index contributed by atoms with van der Waals surface area (Å²) in [6.07, 6.45) is 2.51. The van der Waals surface area contributed by atoms with E-state index in [0.29, 0.717) is 6.54 Å². The second kappa shape index (κ2) is 4.04. The molecular weight excluding hydrogens is 142 g/mol. The molecule has 1 aliphatic carbocycles. The van der Waals surface area contributed by atoms with Gasteiger partial charge >= 0.3 is 0 Å². The van der Waals surface area contributed by atoms with E-state index in [1.54, 1.807) is 6.92 Å². The summed E-state index contributed by atoms with van der Waals surface area (Å²) in [5.74, 6) is 0. The Morgan fingerprint density at radius 3 is 2.73 bits per heavy atom. The van der Waals surface area contributed by atoms with Gasteiger partial charge in [-0.05, 0) is 26.2 Å². The molecule has 11 heavy (non-hydrogen) atoms. The van der Waals surface area contributed by atoms with Crippen LogP contribution in [0.25, 0.3) is 0 Å². The van der Waals surface area contributed by atoms with Crippen LogP contribution in [0.2, 0.25) is 0 Å². The first-order valence-electron chi connectivity index (χ1n) is 4.29. The van der Waals surface area contributed by atoms with Gasteiger partial charge in [0, 0.05) is 12.6 Å². The second-order valence-electron chi connectivity index (χ2n) is 3.36. The molecule has 1 saturated carbocycles. The fourth-order valence-electron chi connectivity index (χ4n) is 1.50. The van der Waals surface area contributed by atoms with Crippen LogP contribution in [0.15, 0.2) is 0 Å².